The molecule has 0 unspecified atom stereocenters. The van der Waals surface area contributed by atoms with Gasteiger partial charge in [0, 0.05) is 43.5 Å². The smallest absolute Gasteiger partial charge is 0.313 e. The molecule has 0 spiro atoms. The van der Waals surface area contributed by atoms with Gasteiger partial charge in [-0.1, -0.05) is 6.07 Å². The van der Waals surface area contributed by atoms with Crippen LogP contribution in [-0.4, -0.2) is 59.7 Å². The molecule has 1 aliphatic heterocycles. The Bertz CT molecular complexity index is 1310. The van der Waals surface area contributed by atoms with E-state index in [1.165, 1.54) is 25.7 Å². The second-order valence-electron chi connectivity index (χ2n) is 8.23. The molecule has 0 aliphatic carbocycles. The molecule has 2 aromatic carbocycles. The maximum Gasteiger partial charge on any atom is 0.313 e. The van der Waals surface area contributed by atoms with Gasteiger partial charge in [0.25, 0.3) is 11.8 Å². The minimum Gasteiger partial charge on any atom is -0.490 e. The SMILES string of the molecule is COc1cc(N2CCOCC2)c(NC(=O)c2ccc(C)c(NC(=O)c3cncn3C)c2)cc1[N+](=O)[O-]. The van der Waals surface area contributed by atoms with Crippen molar-refractivity contribution in [3.8, 4) is 5.75 Å². The van der Waals surface area contributed by atoms with E-state index in [1.807, 2.05) is 11.8 Å². The van der Waals surface area contributed by atoms with Crippen molar-refractivity contribution in [3.05, 3.63) is 69.8 Å². The number of nitrogens with zero attached hydrogens (tertiary/aromatic N) is 4. The summed E-state index contributed by atoms with van der Waals surface area (Å²) in [7, 11) is 3.07. The lowest BCUT2D eigenvalue weighted by Gasteiger charge is -2.30. The first-order valence-corrected chi connectivity index (χ1v) is 11.2. The van der Waals surface area contributed by atoms with E-state index in [0.29, 0.717) is 43.4 Å². The number of hydrogen-bond donors (Lipinski definition) is 2. The number of rotatable bonds is 7. The first-order valence-electron chi connectivity index (χ1n) is 11.2. The number of carbonyl (C=O) groups excluding carboxylic acids is 2. The number of hydrogen-bond acceptors (Lipinski definition) is 8. The lowest BCUT2D eigenvalue weighted by atomic mass is 10.1. The lowest BCUT2D eigenvalue weighted by molar-refractivity contribution is -0.385. The highest BCUT2D eigenvalue weighted by molar-refractivity contribution is 6.08. The van der Waals surface area contributed by atoms with Crippen LogP contribution in [0.3, 0.4) is 0 Å². The average molecular weight is 495 g/mol. The van der Waals surface area contributed by atoms with Gasteiger partial charge in [-0.05, 0) is 24.6 Å². The van der Waals surface area contributed by atoms with Gasteiger partial charge in [0.15, 0.2) is 5.75 Å². The van der Waals surface area contributed by atoms with Crippen molar-refractivity contribution in [3.63, 3.8) is 0 Å². The highest BCUT2D eigenvalue weighted by atomic mass is 16.6. The van der Waals surface area contributed by atoms with E-state index >= 15 is 0 Å². The Labute approximate surface area is 207 Å². The third kappa shape index (κ3) is 5.13. The van der Waals surface area contributed by atoms with E-state index in [0.717, 1.165) is 5.56 Å². The van der Waals surface area contributed by atoms with Crippen LogP contribution in [0.1, 0.15) is 26.4 Å². The number of methoxy groups -OCH3 is 1. The molecule has 2 N–H and O–H groups in total. The molecule has 1 aromatic heterocycles. The number of carbonyl (C=O) groups is 2. The largest absolute Gasteiger partial charge is 0.490 e. The van der Waals surface area contributed by atoms with Gasteiger partial charge in [-0.25, -0.2) is 4.98 Å². The molecular formula is C24H26N6O6. The predicted molar refractivity (Wildman–Crippen MR) is 133 cm³/mol. The molecule has 2 heterocycles. The van der Waals surface area contributed by atoms with Crippen LogP contribution in [0.5, 0.6) is 5.75 Å². The number of imidazole rings is 1. The van der Waals surface area contributed by atoms with Crippen LogP contribution >= 0.6 is 0 Å². The van der Waals surface area contributed by atoms with E-state index in [1.54, 1.807) is 35.9 Å². The van der Waals surface area contributed by atoms with Gasteiger partial charge < -0.3 is 29.6 Å². The van der Waals surface area contributed by atoms with Gasteiger partial charge in [-0.3, -0.25) is 19.7 Å². The van der Waals surface area contributed by atoms with Crippen LogP contribution < -0.4 is 20.3 Å². The molecule has 0 saturated carbocycles. The molecule has 2 amide bonds. The van der Waals surface area contributed by atoms with Crippen molar-refractivity contribution in [1.29, 1.82) is 0 Å². The molecule has 0 bridgehead atoms. The first kappa shape index (κ1) is 24.7. The third-order valence-corrected chi connectivity index (χ3v) is 5.89. The zero-order chi connectivity index (χ0) is 25.8. The Balaban J connectivity index is 1.64. The highest BCUT2D eigenvalue weighted by Gasteiger charge is 2.25. The number of amides is 2. The number of aromatic nitrogens is 2. The maximum absolute atomic E-state index is 13.2. The summed E-state index contributed by atoms with van der Waals surface area (Å²) in [6.45, 7) is 3.90. The van der Waals surface area contributed by atoms with E-state index in [-0.39, 0.29) is 28.6 Å². The topological polar surface area (TPSA) is 141 Å². The van der Waals surface area contributed by atoms with Crippen molar-refractivity contribution in [2.24, 2.45) is 7.05 Å². The minimum absolute atomic E-state index is 0.0926. The molecule has 12 heteroatoms. The van der Waals surface area contributed by atoms with Crippen LogP contribution in [0.25, 0.3) is 0 Å². The van der Waals surface area contributed by atoms with Gasteiger partial charge >= 0.3 is 5.69 Å². The summed E-state index contributed by atoms with van der Waals surface area (Å²) < 4.78 is 12.2. The van der Waals surface area contributed by atoms with Crippen molar-refractivity contribution < 1.29 is 24.0 Å². The Hall–Kier alpha value is -4.45. The zero-order valence-corrected chi connectivity index (χ0v) is 20.1. The third-order valence-electron chi connectivity index (χ3n) is 5.89. The van der Waals surface area contributed by atoms with Crippen molar-refractivity contribution >= 4 is 34.6 Å². The van der Waals surface area contributed by atoms with Crippen LogP contribution in [0.15, 0.2) is 42.9 Å². The minimum atomic E-state index is -0.560. The number of benzene rings is 2. The summed E-state index contributed by atoms with van der Waals surface area (Å²) in [4.78, 5) is 42.8. The lowest BCUT2D eigenvalue weighted by Crippen LogP contribution is -2.36. The van der Waals surface area contributed by atoms with Crippen molar-refractivity contribution in [1.82, 2.24) is 9.55 Å². The van der Waals surface area contributed by atoms with Gasteiger partial charge in [0.2, 0.25) is 0 Å². The normalized spacial score (nSPS) is 13.2. The van der Waals surface area contributed by atoms with Gasteiger partial charge in [-0.2, -0.15) is 0 Å². The number of nitrogens with one attached hydrogen (secondary N) is 2. The fourth-order valence-corrected chi connectivity index (χ4v) is 3.88. The Kier molecular flexibility index (Phi) is 7.15. The zero-order valence-electron chi connectivity index (χ0n) is 20.1. The predicted octanol–water partition coefficient (Wildman–Crippen LogP) is 2.99. The number of aryl methyl sites for hydroxylation is 2. The second-order valence-corrected chi connectivity index (χ2v) is 8.23. The summed E-state index contributed by atoms with van der Waals surface area (Å²) in [6.07, 6.45) is 2.97. The molecule has 0 atom stereocenters. The Morgan fingerprint density at radius 1 is 1.11 bits per heavy atom. The maximum atomic E-state index is 13.2. The fraction of sp³-hybridized carbons (Fsp3) is 0.292. The van der Waals surface area contributed by atoms with Gasteiger partial charge in [0.05, 0.1) is 49.1 Å². The summed E-state index contributed by atoms with van der Waals surface area (Å²) in [5.74, 6) is -0.758. The van der Waals surface area contributed by atoms with E-state index in [2.05, 4.69) is 15.6 Å². The monoisotopic (exact) mass is 494 g/mol. The average Bonchev–Trinajstić information content (AvgIpc) is 3.31. The molecule has 3 aromatic rings. The molecule has 36 heavy (non-hydrogen) atoms. The fourth-order valence-electron chi connectivity index (χ4n) is 3.88. The molecule has 188 valence electrons. The molecule has 12 nitrogen and oxygen atoms in total. The second kappa shape index (κ2) is 10.4. The summed E-state index contributed by atoms with van der Waals surface area (Å²) in [5, 5.41) is 17.2. The molecule has 4 rings (SSSR count). The standard InChI is InChI=1S/C24H26N6O6/c1-15-4-5-16(10-17(15)26-24(32)21-13-25-14-28(21)2)23(31)27-18-11-20(30(33)34)22(35-3)12-19(18)29-6-8-36-9-7-29/h4-5,10-14H,6-9H2,1-3H3,(H,26,32)(H,27,31). The molecule has 1 fully saturated rings. The van der Waals surface area contributed by atoms with Crippen molar-refractivity contribution in [2.75, 3.05) is 48.9 Å². The van der Waals surface area contributed by atoms with Crippen LogP contribution in [-0.2, 0) is 11.8 Å². The Morgan fingerprint density at radius 3 is 2.47 bits per heavy atom. The quantitative estimate of drug-likeness (QED) is 0.377. The highest BCUT2D eigenvalue weighted by Crippen LogP contribution is 2.39. The number of ether oxygens (including phenoxy) is 2. The molecule has 1 aliphatic rings. The van der Waals surface area contributed by atoms with Crippen molar-refractivity contribution in [2.45, 2.75) is 6.92 Å². The summed E-state index contributed by atoms with van der Waals surface area (Å²) >= 11 is 0. The molecule has 0 radical (unpaired) electrons. The number of morpholine rings is 1. The van der Waals surface area contributed by atoms with Gasteiger partial charge in [0.1, 0.15) is 5.69 Å². The van der Waals surface area contributed by atoms with E-state index in [9.17, 15) is 19.7 Å². The van der Waals surface area contributed by atoms with Crippen LogP contribution in [0.2, 0.25) is 0 Å². The number of nitro groups is 1. The number of anilines is 3. The van der Waals surface area contributed by atoms with Crippen LogP contribution in [0, 0.1) is 17.0 Å². The first-order chi connectivity index (χ1) is 17.3. The van der Waals surface area contributed by atoms with Crippen LogP contribution in [0.4, 0.5) is 22.7 Å². The Morgan fingerprint density at radius 2 is 1.83 bits per heavy atom. The summed E-state index contributed by atoms with van der Waals surface area (Å²) in [6, 6.07) is 7.74. The van der Waals surface area contributed by atoms with E-state index < -0.39 is 10.8 Å². The number of nitro benzene ring substituents is 1. The summed E-state index contributed by atoms with van der Waals surface area (Å²) in [5.41, 5.74) is 2.45. The van der Waals surface area contributed by atoms with Gasteiger partial charge in [-0.15, -0.1) is 0 Å². The van der Waals surface area contributed by atoms with E-state index in [4.69, 9.17) is 9.47 Å². The molecule has 1 saturated heterocycles. The molecular weight excluding hydrogens is 468 g/mol.